The van der Waals surface area contributed by atoms with E-state index in [0.717, 1.165) is 67.5 Å². The molecule has 5 nitrogen and oxygen atoms in total. The van der Waals surface area contributed by atoms with Gasteiger partial charge in [0.1, 0.15) is 0 Å². The Morgan fingerprint density at radius 2 is 0.393 bits per heavy atom. The topological polar surface area (TPSA) is 45.4 Å². The maximum atomic E-state index is 6.34. The third-order valence-electron chi connectivity index (χ3n) is 24.8. The van der Waals surface area contributed by atoms with Gasteiger partial charge in [0.15, 0.2) is 0 Å². The molecule has 4 fully saturated rings. The first-order valence-electron chi connectivity index (χ1n) is 39.8. The van der Waals surface area contributed by atoms with Gasteiger partial charge >= 0.3 is 0 Å². The number of anilines is 6. The molecule has 0 spiro atoms. The van der Waals surface area contributed by atoms with Crippen LogP contribution < -0.4 is 9.80 Å². The minimum absolute atomic E-state index is 0.0361. The van der Waals surface area contributed by atoms with Gasteiger partial charge in [-0.25, -0.2) is 0 Å². The summed E-state index contributed by atoms with van der Waals surface area (Å²) in [5.74, 6) is 0.974. The van der Waals surface area contributed by atoms with Gasteiger partial charge in [0.05, 0.1) is 0 Å². The lowest BCUT2D eigenvalue weighted by Crippen LogP contribution is -2.30. The number of nitrogens with zero attached hydrogens (tertiary/aromatic N) is 4. The van der Waals surface area contributed by atoms with Crippen LogP contribution in [0.25, 0.3) is 47.2 Å². The number of hydrogen-bond donors (Lipinski definition) is 0. The average molecular weight is 1390 g/mol. The van der Waals surface area contributed by atoms with Crippen molar-refractivity contribution in [2.75, 3.05) is 9.80 Å². The van der Waals surface area contributed by atoms with E-state index in [-0.39, 0.29) is 21.7 Å². The fraction of sp³-hybridized carbons (Fsp3) is 0.235. The summed E-state index contributed by atoms with van der Waals surface area (Å²) in [6.07, 6.45) is 33.4. The molecule has 0 unspecified atom stereocenters. The molecule has 5 heteroatoms. The van der Waals surface area contributed by atoms with E-state index in [2.05, 4.69) is 360 Å². The molecule has 107 heavy (non-hydrogen) atoms. The summed E-state index contributed by atoms with van der Waals surface area (Å²) >= 11 is 0. The molecule has 1 heterocycles. The molecule has 0 amide bonds. The molecule has 0 atom stereocenters. The molecule has 1 aromatic heterocycles. The Morgan fingerprint density at radius 1 is 0.206 bits per heavy atom. The Bertz CT molecular complexity index is 4550. The summed E-state index contributed by atoms with van der Waals surface area (Å²) in [7, 11) is 0. The van der Waals surface area contributed by atoms with Crippen LogP contribution in [0.1, 0.15) is 195 Å². The Labute approximate surface area is 634 Å². The van der Waals surface area contributed by atoms with Crippen LogP contribution in [-0.4, -0.2) is 10.2 Å². The van der Waals surface area contributed by atoms with Gasteiger partial charge in [0.2, 0.25) is 11.8 Å². The lowest BCUT2D eigenvalue weighted by atomic mass is 9.65. The van der Waals surface area contributed by atoms with Gasteiger partial charge in [0.25, 0.3) is 0 Å². The smallest absolute Gasteiger partial charge is 0.248 e. The fourth-order valence-electron chi connectivity index (χ4n) is 19.0. The lowest BCUT2D eigenvalue weighted by Gasteiger charge is -2.39. The second-order valence-electron chi connectivity index (χ2n) is 30.9. The molecule has 13 aromatic rings. The van der Waals surface area contributed by atoms with E-state index in [1.54, 1.807) is 0 Å². The molecule has 4 saturated carbocycles. The predicted octanol–water partition coefficient (Wildman–Crippen LogP) is 27.7. The zero-order valence-electron chi connectivity index (χ0n) is 61.7. The minimum Gasteiger partial charge on any atom is -0.416 e. The average Bonchev–Trinajstić information content (AvgIpc) is 1.17. The van der Waals surface area contributed by atoms with Crippen molar-refractivity contribution >= 4 is 58.4 Å². The van der Waals surface area contributed by atoms with E-state index in [4.69, 9.17) is 4.42 Å². The van der Waals surface area contributed by atoms with E-state index in [9.17, 15) is 0 Å². The summed E-state index contributed by atoms with van der Waals surface area (Å²) in [5.41, 5.74) is 24.6. The highest BCUT2D eigenvalue weighted by molar-refractivity contribution is 5.81. The minimum atomic E-state index is 0.0361. The second-order valence-corrected chi connectivity index (χ2v) is 30.9. The molecule has 0 bridgehead atoms. The molecule has 12 aromatic carbocycles. The highest BCUT2D eigenvalue weighted by Crippen LogP contribution is 2.51. The highest BCUT2D eigenvalue weighted by atomic mass is 16.4. The van der Waals surface area contributed by atoms with Crippen molar-refractivity contribution in [2.24, 2.45) is 0 Å². The second kappa shape index (κ2) is 31.1. The molecule has 0 saturated heterocycles. The summed E-state index contributed by atoms with van der Waals surface area (Å²) < 4.78 is 6.34. The third-order valence-corrected chi connectivity index (χ3v) is 24.8. The SMILES string of the molecule is C(=Cc1ccc(N(c2ccc(C3(c4ccccc4)CCCCC3)cc2)c2ccc(C3(c4ccccc4)CCCCC3)cc2)cc1)c1ccc(-c2nnc(-c3ccc(C=Cc4ccc(N(c5ccc(C6(c7ccccc7)CCCCC6)cc5)c5ccc(C6(c7ccccc7)CCCCC6)cc5)cc4)cc3)o2)cc1. The Hall–Kier alpha value is -11.1. The Balaban J connectivity index is 0.574. The van der Waals surface area contributed by atoms with Crippen LogP contribution in [-0.2, 0) is 21.7 Å². The molecular weight excluding hydrogens is 1300 g/mol. The standard InChI is InChI=1S/C102H96N4O/c1-9-25-83(26-10-1)99(69-17-5-18-70-99)87-49-61-93(62-50-87)105(94-63-51-88(52-64-94)100(71-19-6-20-72-100)84-27-11-2-12-28-84)91-57-41-79(42-58-91)35-33-77-37-45-81(46-38-77)97-103-104-98(107-97)82-47-39-78(40-48-82)34-36-80-43-59-92(60-44-80)106(95-65-53-89(54-66-95)101(73-21-7-22-74-101)85-29-13-3-14-30-85)96-67-55-90(56-68-96)102(75-23-8-24-76-102)86-31-15-4-16-32-86/h1-4,9-16,25-68H,5-8,17-24,69-76H2. The fourth-order valence-corrected chi connectivity index (χ4v) is 19.0. The van der Waals surface area contributed by atoms with Gasteiger partial charge in [-0.3, -0.25) is 0 Å². The van der Waals surface area contributed by atoms with E-state index >= 15 is 0 Å². The van der Waals surface area contributed by atoms with Crippen LogP contribution in [0.4, 0.5) is 34.1 Å². The molecule has 4 aliphatic rings. The van der Waals surface area contributed by atoms with Crippen LogP contribution >= 0.6 is 0 Å². The molecule has 0 aliphatic heterocycles. The predicted molar refractivity (Wildman–Crippen MR) is 447 cm³/mol. The van der Waals surface area contributed by atoms with Crippen molar-refractivity contribution in [1.29, 1.82) is 0 Å². The van der Waals surface area contributed by atoms with Crippen molar-refractivity contribution in [1.82, 2.24) is 10.2 Å². The van der Waals surface area contributed by atoms with Crippen LogP contribution in [0.15, 0.2) is 320 Å². The normalized spacial score (nSPS) is 16.8. The quantitative estimate of drug-likeness (QED) is 0.0712. The van der Waals surface area contributed by atoms with Crippen LogP contribution in [0.5, 0.6) is 0 Å². The van der Waals surface area contributed by atoms with E-state index in [0.29, 0.717) is 11.8 Å². The molecule has 0 N–H and O–H groups in total. The maximum absolute atomic E-state index is 6.34. The van der Waals surface area contributed by atoms with Crippen molar-refractivity contribution in [3.63, 3.8) is 0 Å². The lowest BCUT2D eigenvalue weighted by molar-refractivity contribution is 0.346. The largest absolute Gasteiger partial charge is 0.416 e. The maximum Gasteiger partial charge on any atom is 0.248 e. The first-order valence-corrected chi connectivity index (χ1v) is 39.8. The Kier molecular flexibility index (Phi) is 20.1. The first kappa shape index (κ1) is 68.9. The van der Waals surface area contributed by atoms with Crippen molar-refractivity contribution < 1.29 is 4.42 Å². The van der Waals surface area contributed by atoms with Gasteiger partial charge in [-0.2, -0.15) is 0 Å². The first-order chi connectivity index (χ1) is 52.9. The summed E-state index contributed by atoms with van der Waals surface area (Å²) in [6, 6.07) is 118. The number of rotatable bonds is 20. The number of aromatic nitrogens is 2. The van der Waals surface area contributed by atoms with Gasteiger partial charge in [-0.05, 0) is 215 Å². The van der Waals surface area contributed by atoms with Crippen LogP contribution in [0.2, 0.25) is 0 Å². The van der Waals surface area contributed by atoms with Gasteiger partial charge in [0, 0.05) is 66.9 Å². The number of benzene rings is 12. The molecule has 4 aliphatic carbocycles. The summed E-state index contributed by atoms with van der Waals surface area (Å²) in [5, 5.41) is 9.02. The van der Waals surface area contributed by atoms with E-state index in [1.807, 2.05) is 0 Å². The summed E-state index contributed by atoms with van der Waals surface area (Å²) in [6.45, 7) is 0. The van der Waals surface area contributed by atoms with Gasteiger partial charge < -0.3 is 14.2 Å². The number of hydrogen-bond acceptors (Lipinski definition) is 5. The monoisotopic (exact) mass is 1390 g/mol. The van der Waals surface area contributed by atoms with Gasteiger partial charge in [-0.1, -0.05) is 320 Å². The highest BCUT2D eigenvalue weighted by Gasteiger charge is 2.40. The van der Waals surface area contributed by atoms with Crippen LogP contribution in [0.3, 0.4) is 0 Å². The Morgan fingerprint density at radius 3 is 0.607 bits per heavy atom. The van der Waals surface area contributed by atoms with Crippen LogP contribution in [0, 0.1) is 0 Å². The third kappa shape index (κ3) is 14.2. The molecule has 0 radical (unpaired) electrons. The molecule has 530 valence electrons. The zero-order valence-corrected chi connectivity index (χ0v) is 61.7. The van der Waals surface area contributed by atoms with E-state index < -0.39 is 0 Å². The summed E-state index contributed by atoms with van der Waals surface area (Å²) in [4.78, 5) is 4.87. The van der Waals surface area contributed by atoms with Crippen molar-refractivity contribution in [3.8, 4) is 22.9 Å². The molecular formula is C102H96N4O. The van der Waals surface area contributed by atoms with Crippen molar-refractivity contribution in [3.05, 3.63) is 382 Å². The van der Waals surface area contributed by atoms with Gasteiger partial charge in [-0.15, -0.1) is 10.2 Å². The van der Waals surface area contributed by atoms with E-state index in [1.165, 1.54) is 173 Å². The zero-order chi connectivity index (χ0) is 71.7. The molecule has 17 rings (SSSR count). The van der Waals surface area contributed by atoms with Crippen molar-refractivity contribution in [2.45, 2.75) is 150 Å².